The number of nitrogens with zero attached hydrogens (tertiary/aromatic N) is 1. The summed E-state index contributed by atoms with van der Waals surface area (Å²) in [4.78, 5) is 0. The van der Waals surface area contributed by atoms with Crippen LogP contribution in [0.15, 0.2) is 0 Å². The van der Waals surface area contributed by atoms with Crippen molar-refractivity contribution in [3.63, 3.8) is 0 Å². The van der Waals surface area contributed by atoms with Crippen molar-refractivity contribution in [1.82, 2.24) is 0 Å². The van der Waals surface area contributed by atoms with Crippen LogP contribution in [0.1, 0.15) is 52.9 Å². The van der Waals surface area contributed by atoms with Crippen molar-refractivity contribution in [2.75, 3.05) is 19.8 Å². The Labute approximate surface area is 127 Å². The molecule has 0 amide bonds. The van der Waals surface area contributed by atoms with Gasteiger partial charge in [0.15, 0.2) is 0 Å². The SMILES string of the molecule is CC[C@H]1CC(C#N)(CC23OCC(C)(CO2)CO3)C[C@@H]1CC. The van der Waals surface area contributed by atoms with E-state index in [4.69, 9.17) is 14.2 Å². The first-order valence-corrected chi connectivity index (χ1v) is 8.31. The minimum atomic E-state index is -0.964. The number of nitriles is 1. The van der Waals surface area contributed by atoms with Gasteiger partial charge in [-0.05, 0) is 24.7 Å². The molecule has 0 aromatic carbocycles. The van der Waals surface area contributed by atoms with Crippen molar-refractivity contribution in [3.05, 3.63) is 0 Å². The number of ether oxygens (including phenoxy) is 3. The van der Waals surface area contributed by atoms with Crippen molar-refractivity contribution >= 4 is 0 Å². The van der Waals surface area contributed by atoms with E-state index in [9.17, 15) is 5.26 Å². The smallest absolute Gasteiger partial charge is 0.284 e. The maximum Gasteiger partial charge on any atom is 0.284 e. The molecule has 2 bridgehead atoms. The van der Waals surface area contributed by atoms with Gasteiger partial charge in [0.1, 0.15) is 0 Å². The molecule has 0 N–H and O–H groups in total. The molecule has 4 aliphatic rings. The van der Waals surface area contributed by atoms with E-state index in [0.717, 1.165) is 25.7 Å². The molecule has 0 aromatic heterocycles. The lowest BCUT2D eigenvalue weighted by molar-refractivity contribution is -0.472. The zero-order valence-corrected chi connectivity index (χ0v) is 13.5. The number of fused-ring (bicyclic) bond motifs is 3. The van der Waals surface area contributed by atoms with E-state index in [-0.39, 0.29) is 10.8 Å². The van der Waals surface area contributed by atoms with Gasteiger partial charge in [-0.25, -0.2) is 0 Å². The van der Waals surface area contributed by atoms with E-state index in [1.807, 2.05) is 0 Å². The first-order valence-electron chi connectivity index (χ1n) is 8.31. The van der Waals surface area contributed by atoms with Crippen molar-refractivity contribution < 1.29 is 14.2 Å². The van der Waals surface area contributed by atoms with Crippen LogP contribution in [-0.2, 0) is 14.2 Å². The predicted molar refractivity (Wildman–Crippen MR) is 78.2 cm³/mol. The highest BCUT2D eigenvalue weighted by molar-refractivity contribution is 5.08. The van der Waals surface area contributed by atoms with Gasteiger partial charge < -0.3 is 14.2 Å². The van der Waals surface area contributed by atoms with E-state index in [1.54, 1.807) is 0 Å². The fourth-order valence-electron chi connectivity index (χ4n) is 4.32. The molecular weight excluding hydrogens is 266 g/mol. The van der Waals surface area contributed by atoms with Gasteiger partial charge in [-0.3, -0.25) is 0 Å². The average Bonchev–Trinajstić information content (AvgIpc) is 2.87. The largest absolute Gasteiger partial charge is 0.327 e. The zero-order valence-electron chi connectivity index (χ0n) is 13.5. The molecule has 4 fully saturated rings. The number of hydrogen-bond acceptors (Lipinski definition) is 4. The third kappa shape index (κ3) is 2.60. The highest BCUT2D eigenvalue weighted by Crippen LogP contribution is 2.54. The summed E-state index contributed by atoms with van der Waals surface area (Å²) in [6.07, 6.45) is 4.76. The minimum Gasteiger partial charge on any atom is -0.327 e. The molecule has 118 valence electrons. The lowest BCUT2D eigenvalue weighted by atomic mass is 9.80. The summed E-state index contributed by atoms with van der Waals surface area (Å²) < 4.78 is 17.7. The summed E-state index contributed by atoms with van der Waals surface area (Å²) in [6.45, 7) is 8.59. The third-order valence-electron chi connectivity index (χ3n) is 5.73. The summed E-state index contributed by atoms with van der Waals surface area (Å²) in [5.41, 5.74) is -0.373. The Bertz CT molecular complexity index is 405. The molecule has 0 unspecified atom stereocenters. The van der Waals surface area contributed by atoms with Crippen LogP contribution in [0.5, 0.6) is 0 Å². The standard InChI is InChI=1S/C17H27NO3/c1-4-13-6-16(9-18,7-14(13)5-2)8-17-19-10-15(3,11-20-17)12-21-17/h13-14H,4-8,10-12H2,1-3H3/t13-,14-,15?,17?/m0/s1. The van der Waals surface area contributed by atoms with Crippen LogP contribution in [0.25, 0.3) is 0 Å². The van der Waals surface area contributed by atoms with Crippen LogP contribution in [-0.4, -0.2) is 25.8 Å². The van der Waals surface area contributed by atoms with Crippen molar-refractivity contribution in [2.45, 2.75) is 58.8 Å². The molecule has 0 spiro atoms. The second-order valence-electron chi connectivity index (χ2n) is 7.67. The van der Waals surface area contributed by atoms with Crippen molar-refractivity contribution in [3.8, 4) is 6.07 Å². The highest BCUT2D eigenvalue weighted by atomic mass is 16.9. The Morgan fingerprint density at radius 3 is 1.86 bits per heavy atom. The fraction of sp³-hybridized carbons (Fsp3) is 0.941. The molecule has 21 heavy (non-hydrogen) atoms. The van der Waals surface area contributed by atoms with Gasteiger partial charge in [0, 0.05) is 11.8 Å². The molecule has 3 heterocycles. The van der Waals surface area contributed by atoms with Crippen LogP contribution in [0.4, 0.5) is 0 Å². The lowest BCUT2D eigenvalue weighted by Crippen LogP contribution is -2.60. The molecule has 0 aromatic rings. The van der Waals surface area contributed by atoms with Crippen LogP contribution in [0.2, 0.25) is 0 Å². The number of rotatable bonds is 4. The molecule has 1 saturated carbocycles. The minimum absolute atomic E-state index is 0.0187. The molecule has 4 heteroatoms. The summed E-state index contributed by atoms with van der Waals surface area (Å²) in [7, 11) is 0. The topological polar surface area (TPSA) is 51.5 Å². The molecule has 3 aliphatic heterocycles. The molecule has 4 nitrogen and oxygen atoms in total. The molecule has 2 atom stereocenters. The Kier molecular flexibility index (Phi) is 3.80. The third-order valence-corrected chi connectivity index (χ3v) is 5.73. The molecule has 1 aliphatic carbocycles. The monoisotopic (exact) mass is 293 g/mol. The Balaban J connectivity index is 1.75. The molecular formula is C17H27NO3. The Hall–Kier alpha value is -0.630. The van der Waals surface area contributed by atoms with Crippen LogP contribution in [0.3, 0.4) is 0 Å². The molecule has 0 radical (unpaired) electrons. The fourth-order valence-corrected chi connectivity index (χ4v) is 4.32. The second kappa shape index (κ2) is 5.22. The Morgan fingerprint density at radius 2 is 1.48 bits per heavy atom. The normalized spacial score (nSPS) is 44.7. The molecule has 3 saturated heterocycles. The van der Waals surface area contributed by atoms with E-state index >= 15 is 0 Å². The second-order valence-corrected chi connectivity index (χ2v) is 7.67. The van der Waals surface area contributed by atoms with Gasteiger partial charge in [0.05, 0.1) is 31.3 Å². The first-order chi connectivity index (χ1) is 9.98. The summed E-state index contributed by atoms with van der Waals surface area (Å²) >= 11 is 0. The highest BCUT2D eigenvalue weighted by Gasteiger charge is 2.56. The maximum absolute atomic E-state index is 9.83. The number of hydrogen-bond donors (Lipinski definition) is 0. The summed E-state index contributed by atoms with van der Waals surface area (Å²) in [6, 6.07) is 2.60. The lowest BCUT2D eigenvalue weighted by Gasteiger charge is -2.51. The van der Waals surface area contributed by atoms with E-state index < -0.39 is 5.97 Å². The van der Waals surface area contributed by atoms with Crippen LogP contribution < -0.4 is 0 Å². The first kappa shape index (κ1) is 15.3. The van der Waals surface area contributed by atoms with Gasteiger partial charge in [-0.1, -0.05) is 33.6 Å². The van der Waals surface area contributed by atoms with Gasteiger partial charge in [-0.2, -0.15) is 5.26 Å². The van der Waals surface area contributed by atoms with Crippen LogP contribution in [0, 0.1) is 34.0 Å². The molecule has 4 rings (SSSR count). The quantitative estimate of drug-likeness (QED) is 0.796. The van der Waals surface area contributed by atoms with Gasteiger partial charge in [0.25, 0.3) is 5.97 Å². The maximum atomic E-state index is 9.83. The predicted octanol–water partition coefficient (Wildman–Crippen LogP) is 3.47. The Morgan fingerprint density at radius 1 is 1.00 bits per heavy atom. The van der Waals surface area contributed by atoms with E-state index in [2.05, 4.69) is 26.8 Å². The van der Waals surface area contributed by atoms with Gasteiger partial charge >= 0.3 is 0 Å². The van der Waals surface area contributed by atoms with E-state index in [0.29, 0.717) is 38.1 Å². The van der Waals surface area contributed by atoms with Crippen LogP contribution >= 0.6 is 0 Å². The zero-order chi connectivity index (χ0) is 15.1. The van der Waals surface area contributed by atoms with Gasteiger partial charge in [0.2, 0.25) is 0 Å². The average molecular weight is 293 g/mol. The van der Waals surface area contributed by atoms with Crippen molar-refractivity contribution in [1.29, 1.82) is 5.26 Å². The summed E-state index contributed by atoms with van der Waals surface area (Å²) in [5, 5.41) is 9.83. The van der Waals surface area contributed by atoms with E-state index in [1.165, 1.54) is 0 Å². The van der Waals surface area contributed by atoms with Gasteiger partial charge in [-0.15, -0.1) is 0 Å². The van der Waals surface area contributed by atoms with Crippen molar-refractivity contribution in [2.24, 2.45) is 22.7 Å². The summed E-state index contributed by atoms with van der Waals surface area (Å²) in [5.74, 6) is 0.320.